The summed E-state index contributed by atoms with van der Waals surface area (Å²) in [5.74, 6) is 0.796. The summed E-state index contributed by atoms with van der Waals surface area (Å²) in [6.07, 6.45) is 5.07. The molecule has 0 spiro atoms. The van der Waals surface area contributed by atoms with E-state index in [-0.39, 0.29) is 5.92 Å². The lowest BCUT2D eigenvalue weighted by atomic mass is 9.95. The molecule has 4 rings (SSSR count). The quantitative estimate of drug-likeness (QED) is 0.629. The summed E-state index contributed by atoms with van der Waals surface area (Å²) < 4.78 is 29.9. The highest BCUT2D eigenvalue weighted by Crippen LogP contribution is 2.32. The zero-order valence-corrected chi connectivity index (χ0v) is 18.9. The molecule has 1 saturated heterocycles. The topological polar surface area (TPSA) is 93.0 Å². The van der Waals surface area contributed by atoms with E-state index in [2.05, 4.69) is 15.4 Å². The van der Waals surface area contributed by atoms with Gasteiger partial charge in [0.05, 0.1) is 5.69 Å². The Kier molecular flexibility index (Phi) is 6.06. The Morgan fingerprint density at radius 2 is 2.06 bits per heavy atom. The minimum Gasteiger partial charge on any atom is -0.340 e. The summed E-state index contributed by atoms with van der Waals surface area (Å²) in [6, 6.07) is 9.68. The molecule has 1 N–H and O–H groups in total. The van der Waals surface area contributed by atoms with Crippen LogP contribution in [0.4, 0.5) is 11.5 Å². The van der Waals surface area contributed by atoms with Gasteiger partial charge in [-0.1, -0.05) is 6.07 Å². The predicted octanol–water partition coefficient (Wildman–Crippen LogP) is 3.62. The number of nitrogens with zero attached hydrogens (tertiary/aromatic N) is 5. The van der Waals surface area contributed by atoms with Gasteiger partial charge in [-0.15, -0.1) is 0 Å². The minimum absolute atomic E-state index is 0.0363. The molecule has 0 aromatic carbocycles. The summed E-state index contributed by atoms with van der Waals surface area (Å²) in [4.78, 5) is 9.34. The maximum atomic E-state index is 13.3. The van der Waals surface area contributed by atoms with Gasteiger partial charge in [-0.2, -0.15) is 9.40 Å². The van der Waals surface area contributed by atoms with Crippen LogP contribution in [-0.2, 0) is 16.6 Å². The predicted molar refractivity (Wildman–Crippen MR) is 120 cm³/mol. The molecule has 0 bridgehead atoms. The van der Waals surface area contributed by atoms with Crippen molar-refractivity contribution in [1.29, 1.82) is 0 Å². The van der Waals surface area contributed by atoms with Crippen LogP contribution in [0.5, 0.6) is 0 Å². The number of aryl methyl sites for hydroxylation is 3. The van der Waals surface area contributed by atoms with Crippen LogP contribution >= 0.6 is 0 Å². The maximum absolute atomic E-state index is 13.3. The molecule has 0 unspecified atom stereocenters. The van der Waals surface area contributed by atoms with E-state index in [1.54, 1.807) is 28.3 Å². The number of sulfonamides is 1. The summed E-state index contributed by atoms with van der Waals surface area (Å²) in [6.45, 7) is 7.21. The summed E-state index contributed by atoms with van der Waals surface area (Å²) in [5, 5.41) is 7.63. The van der Waals surface area contributed by atoms with Gasteiger partial charge in [-0.05, 0) is 57.9 Å². The fourth-order valence-corrected chi connectivity index (χ4v) is 5.71. The van der Waals surface area contributed by atoms with E-state index in [4.69, 9.17) is 4.98 Å². The van der Waals surface area contributed by atoms with Crippen molar-refractivity contribution in [2.75, 3.05) is 18.4 Å². The van der Waals surface area contributed by atoms with Crippen molar-refractivity contribution < 1.29 is 8.42 Å². The van der Waals surface area contributed by atoms with Crippen molar-refractivity contribution in [3.05, 3.63) is 59.8 Å². The number of hydrogen-bond acceptors (Lipinski definition) is 6. The molecule has 1 aliphatic heterocycles. The lowest BCUT2D eigenvalue weighted by Gasteiger charge is -2.31. The van der Waals surface area contributed by atoms with Gasteiger partial charge in [0.15, 0.2) is 0 Å². The van der Waals surface area contributed by atoms with Gasteiger partial charge < -0.3 is 5.32 Å². The van der Waals surface area contributed by atoms with Crippen molar-refractivity contribution in [2.24, 2.45) is 0 Å². The number of aromatic nitrogens is 4. The van der Waals surface area contributed by atoms with E-state index in [0.29, 0.717) is 30.2 Å². The summed E-state index contributed by atoms with van der Waals surface area (Å²) in [7, 11) is -3.60. The van der Waals surface area contributed by atoms with Gasteiger partial charge in [-0.25, -0.2) is 13.4 Å². The van der Waals surface area contributed by atoms with Crippen LogP contribution in [0.15, 0.2) is 47.6 Å². The van der Waals surface area contributed by atoms with Gasteiger partial charge in [0, 0.05) is 55.0 Å². The average Bonchev–Trinajstić information content (AvgIpc) is 3.16. The molecule has 31 heavy (non-hydrogen) atoms. The largest absolute Gasteiger partial charge is 0.340 e. The van der Waals surface area contributed by atoms with Crippen molar-refractivity contribution in [3.8, 4) is 0 Å². The van der Waals surface area contributed by atoms with E-state index in [0.717, 1.165) is 35.7 Å². The van der Waals surface area contributed by atoms with E-state index in [1.165, 1.54) is 0 Å². The van der Waals surface area contributed by atoms with Crippen LogP contribution in [0.3, 0.4) is 0 Å². The molecule has 0 saturated carbocycles. The van der Waals surface area contributed by atoms with Crippen molar-refractivity contribution in [2.45, 2.75) is 51.0 Å². The Bertz CT molecular complexity index is 1160. The molecular formula is C22H28N6O2S. The molecule has 0 radical (unpaired) electrons. The van der Waals surface area contributed by atoms with E-state index in [9.17, 15) is 8.42 Å². The zero-order chi connectivity index (χ0) is 22.0. The highest BCUT2D eigenvalue weighted by atomic mass is 32.2. The second-order valence-electron chi connectivity index (χ2n) is 7.90. The smallest absolute Gasteiger partial charge is 0.246 e. The number of nitrogens with one attached hydrogen (secondary N) is 1. The number of rotatable bonds is 6. The Morgan fingerprint density at radius 3 is 2.77 bits per heavy atom. The third-order valence-electron chi connectivity index (χ3n) is 5.56. The molecule has 4 heterocycles. The van der Waals surface area contributed by atoms with Crippen LogP contribution in [-0.4, -0.2) is 45.6 Å². The van der Waals surface area contributed by atoms with E-state index >= 15 is 0 Å². The van der Waals surface area contributed by atoms with Crippen LogP contribution in [0.1, 0.15) is 42.8 Å². The molecule has 8 nitrogen and oxygen atoms in total. The monoisotopic (exact) mass is 440 g/mol. The van der Waals surface area contributed by atoms with Gasteiger partial charge in [0.2, 0.25) is 10.0 Å². The van der Waals surface area contributed by atoms with Gasteiger partial charge in [0.25, 0.3) is 0 Å². The maximum Gasteiger partial charge on any atom is 0.246 e. The normalized spacial score (nSPS) is 17.6. The second-order valence-corrected chi connectivity index (χ2v) is 9.81. The average molecular weight is 441 g/mol. The lowest BCUT2D eigenvalue weighted by molar-refractivity contribution is 0.312. The van der Waals surface area contributed by atoms with Crippen LogP contribution in [0.25, 0.3) is 0 Å². The first-order valence-corrected chi connectivity index (χ1v) is 12.0. The summed E-state index contributed by atoms with van der Waals surface area (Å²) >= 11 is 0. The molecule has 1 fully saturated rings. The molecule has 1 aliphatic rings. The number of pyridine rings is 2. The molecule has 0 amide bonds. The van der Waals surface area contributed by atoms with Crippen LogP contribution in [0, 0.1) is 13.8 Å². The van der Waals surface area contributed by atoms with Crippen LogP contribution in [0.2, 0.25) is 0 Å². The van der Waals surface area contributed by atoms with Gasteiger partial charge in [0.1, 0.15) is 10.7 Å². The first-order valence-electron chi connectivity index (χ1n) is 10.6. The highest BCUT2D eigenvalue weighted by Gasteiger charge is 2.33. The lowest BCUT2D eigenvalue weighted by Crippen LogP contribution is -2.39. The van der Waals surface area contributed by atoms with E-state index in [1.807, 2.05) is 44.2 Å². The third-order valence-corrected chi connectivity index (χ3v) is 7.52. The third kappa shape index (κ3) is 4.62. The van der Waals surface area contributed by atoms with Crippen molar-refractivity contribution >= 4 is 21.5 Å². The van der Waals surface area contributed by atoms with Crippen LogP contribution < -0.4 is 5.32 Å². The molecule has 1 atom stereocenters. The molecule has 164 valence electrons. The Labute approximate surface area is 183 Å². The first-order chi connectivity index (χ1) is 14.9. The Morgan fingerprint density at radius 1 is 1.23 bits per heavy atom. The Balaban J connectivity index is 1.57. The number of anilines is 2. The summed E-state index contributed by atoms with van der Waals surface area (Å²) in [5.41, 5.74) is 3.23. The molecular weight excluding hydrogens is 412 g/mol. The van der Waals surface area contributed by atoms with Gasteiger partial charge >= 0.3 is 0 Å². The van der Waals surface area contributed by atoms with E-state index < -0.39 is 10.0 Å². The van der Waals surface area contributed by atoms with Gasteiger partial charge in [-0.3, -0.25) is 9.67 Å². The number of piperidine rings is 1. The second kappa shape index (κ2) is 8.76. The molecule has 0 aliphatic carbocycles. The first kappa shape index (κ1) is 21.5. The van der Waals surface area contributed by atoms with Crippen molar-refractivity contribution in [3.63, 3.8) is 0 Å². The van der Waals surface area contributed by atoms with Crippen molar-refractivity contribution in [1.82, 2.24) is 24.1 Å². The fourth-order valence-electron chi connectivity index (χ4n) is 4.02. The minimum atomic E-state index is -3.60. The SMILES string of the molecule is CCn1cc(S(=O)(=O)N2CCC[C@@H](c3cc(Nc4ccccn4)cc(C)n3)C2)c(C)n1. The fraction of sp³-hybridized carbons (Fsp3) is 0.409. The molecule has 3 aromatic heterocycles. The zero-order valence-electron chi connectivity index (χ0n) is 18.1. The molecule has 9 heteroatoms. The molecule has 3 aromatic rings. The standard InChI is InChI=1S/C22H28N6O2S/c1-4-27-15-21(17(3)26-27)31(29,30)28-11-7-8-18(14-28)20-13-19(12-16(2)24-20)25-22-9-5-6-10-23-22/h5-6,9-10,12-13,15,18H,4,7-8,11,14H2,1-3H3,(H,23,24,25)/t18-/m1/s1. The highest BCUT2D eigenvalue weighted by molar-refractivity contribution is 7.89. The number of hydrogen-bond donors (Lipinski definition) is 1. The Hall–Kier alpha value is -2.78.